The van der Waals surface area contributed by atoms with Gasteiger partial charge in [0.2, 0.25) is 0 Å². The van der Waals surface area contributed by atoms with Gasteiger partial charge in [0, 0.05) is 17.1 Å². The Morgan fingerprint density at radius 1 is 1.06 bits per heavy atom. The number of para-hydroxylation sites is 1. The van der Waals surface area contributed by atoms with Gasteiger partial charge in [0.1, 0.15) is 4.83 Å². The maximum Gasteiger partial charge on any atom is 0.267 e. The fraction of sp³-hybridized carbons (Fsp3) is 0.241. The second-order valence-electron chi connectivity index (χ2n) is 9.25. The van der Waals surface area contributed by atoms with Gasteiger partial charge >= 0.3 is 0 Å². The van der Waals surface area contributed by atoms with E-state index in [0.29, 0.717) is 6.61 Å². The largest absolute Gasteiger partial charge is 0.369 e. The molecule has 0 saturated carbocycles. The van der Waals surface area contributed by atoms with Gasteiger partial charge in [-0.15, -0.1) is 11.3 Å². The van der Waals surface area contributed by atoms with Crippen molar-refractivity contribution >= 4 is 44.1 Å². The number of nitrogens with zero attached hydrogens (tertiary/aromatic N) is 2. The van der Waals surface area contributed by atoms with Gasteiger partial charge in [-0.1, -0.05) is 79.3 Å². The van der Waals surface area contributed by atoms with Crippen LogP contribution >= 0.6 is 23.1 Å². The van der Waals surface area contributed by atoms with Crippen molar-refractivity contribution in [3.8, 4) is 5.69 Å². The number of ether oxygens (including phenoxy) is 1. The molecule has 1 aliphatic rings. The molecule has 0 saturated heterocycles. The van der Waals surface area contributed by atoms with Crippen LogP contribution in [0.3, 0.4) is 0 Å². The maximum absolute atomic E-state index is 14.1. The maximum atomic E-state index is 14.1. The second-order valence-corrected chi connectivity index (χ2v) is 11.3. The summed E-state index contributed by atoms with van der Waals surface area (Å²) in [5.41, 5.74) is 2.97. The van der Waals surface area contributed by atoms with Crippen LogP contribution in [0.5, 0.6) is 0 Å². The molecule has 1 aliphatic heterocycles. The number of thioether (sulfide) groups is 1. The molecule has 0 aliphatic carbocycles. The van der Waals surface area contributed by atoms with Gasteiger partial charge in [-0.2, -0.15) is 0 Å². The normalized spacial score (nSPS) is 17.7. The topological polar surface area (TPSA) is 44.1 Å². The predicted molar refractivity (Wildman–Crippen MR) is 146 cm³/mol. The van der Waals surface area contributed by atoms with E-state index in [2.05, 4.69) is 56.3 Å². The number of thiophene rings is 1. The van der Waals surface area contributed by atoms with Gasteiger partial charge in [0.05, 0.1) is 23.3 Å². The van der Waals surface area contributed by atoms with Crippen LogP contribution in [0.25, 0.3) is 26.7 Å². The highest BCUT2D eigenvalue weighted by Crippen LogP contribution is 2.39. The first-order valence-electron chi connectivity index (χ1n) is 11.9. The summed E-state index contributed by atoms with van der Waals surface area (Å²) in [6.45, 7) is 4.82. The van der Waals surface area contributed by atoms with Crippen molar-refractivity contribution in [3.05, 3.63) is 99.2 Å². The molecule has 0 radical (unpaired) electrons. The van der Waals surface area contributed by atoms with E-state index in [1.807, 2.05) is 30.3 Å². The van der Waals surface area contributed by atoms with Crippen LogP contribution < -0.4 is 5.56 Å². The fourth-order valence-corrected chi connectivity index (χ4v) is 6.95. The molecule has 3 aromatic carbocycles. The molecule has 0 amide bonds. The van der Waals surface area contributed by atoms with Gasteiger partial charge in [0.15, 0.2) is 5.16 Å². The lowest BCUT2D eigenvalue weighted by molar-refractivity contribution is -0.0543. The molecule has 1 atom stereocenters. The molecular weight excluding hydrogens is 472 g/mol. The zero-order valence-corrected chi connectivity index (χ0v) is 21.4. The first kappa shape index (κ1) is 22.5. The molecule has 3 heterocycles. The van der Waals surface area contributed by atoms with Crippen molar-refractivity contribution in [2.24, 2.45) is 0 Å². The lowest BCUT2D eigenvalue weighted by Crippen LogP contribution is -2.34. The summed E-state index contributed by atoms with van der Waals surface area (Å²) in [6, 6.07) is 24.7. The highest BCUT2D eigenvalue weighted by atomic mass is 32.2. The predicted octanol–water partition coefficient (Wildman–Crippen LogP) is 7.13. The third kappa shape index (κ3) is 3.99. The number of rotatable bonds is 5. The third-order valence-electron chi connectivity index (χ3n) is 6.98. The summed E-state index contributed by atoms with van der Waals surface area (Å²) >= 11 is 3.22. The van der Waals surface area contributed by atoms with Crippen LogP contribution in [-0.4, -0.2) is 15.2 Å². The number of aromatic nitrogens is 2. The molecule has 4 nitrogen and oxygen atoms in total. The lowest BCUT2D eigenvalue weighted by atomic mass is 9.90. The third-order valence-corrected chi connectivity index (χ3v) is 9.07. The Morgan fingerprint density at radius 3 is 2.66 bits per heavy atom. The van der Waals surface area contributed by atoms with Gasteiger partial charge in [-0.05, 0) is 47.4 Å². The van der Waals surface area contributed by atoms with Crippen molar-refractivity contribution in [2.45, 2.75) is 49.8 Å². The summed E-state index contributed by atoms with van der Waals surface area (Å²) in [6.07, 6.45) is 1.65. The minimum Gasteiger partial charge on any atom is -0.369 e. The van der Waals surface area contributed by atoms with E-state index in [1.165, 1.54) is 16.3 Å². The van der Waals surface area contributed by atoms with Gasteiger partial charge in [-0.25, -0.2) is 4.98 Å². The Hall–Kier alpha value is -2.93. The minimum atomic E-state index is -0.243. The van der Waals surface area contributed by atoms with Crippen molar-refractivity contribution in [3.63, 3.8) is 0 Å². The average molecular weight is 499 g/mol. The number of fused-ring (bicyclic) bond motifs is 4. The fourth-order valence-electron chi connectivity index (χ4n) is 4.79. The van der Waals surface area contributed by atoms with Crippen LogP contribution in [0.2, 0.25) is 0 Å². The van der Waals surface area contributed by atoms with Crippen molar-refractivity contribution in [2.75, 3.05) is 0 Å². The number of benzene rings is 3. The van der Waals surface area contributed by atoms with Crippen LogP contribution in [-0.2, 0) is 23.5 Å². The molecule has 6 heteroatoms. The summed E-state index contributed by atoms with van der Waals surface area (Å²) in [7, 11) is 0. The van der Waals surface area contributed by atoms with Crippen LogP contribution in [0, 0.1) is 0 Å². The SMILES string of the molecule is CC[C@@]1(C)Cc2c(sc3nc(SCc4cccc5ccccc45)n(-c4ccccc4)c(=O)c23)CO1. The lowest BCUT2D eigenvalue weighted by Gasteiger charge is -2.32. The smallest absolute Gasteiger partial charge is 0.267 e. The Bertz CT molecular complexity index is 1600. The summed E-state index contributed by atoms with van der Waals surface area (Å²) < 4.78 is 7.97. The van der Waals surface area contributed by atoms with E-state index in [9.17, 15) is 4.79 Å². The highest BCUT2D eigenvalue weighted by Gasteiger charge is 2.33. The molecule has 0 N–H and O–H groups in total. The van der Waals surface area contributed by atoms with Crippen LogP contribution in [0.4, 0.5) is 0 Å². The molecule has 0 bridgehead atoms. The van der Waals surface area contributed by atoms with Crippen molar-refractivity contribution < 1.29 is 4.74 Å². The second kappa shape index (κ2) is 8.94. The molecular formula is C29H26N2O2S2. The quantitative estimate of drug-likeness (QED) is 0.191. The molecule has 0 fully saturated rings. The molecule has 5 aromatic rings. The Labute approximate surface area is 212 Å². The van der Waals surface area contributed by atoms with E-state index >= 15 is 0 Å². The van der Waals surface area contributed by atoms with E-state index in [0.717, 1.165) is 50.1 Å². The Balaban J connectivity index is 1.49. The Morgan fingerprint density at radius 2 is 1.83 bits per heavy atom. The van der Waals surface area contributed by atoms with E-state index in [4.69, 9.17) is 9.72 Å². The summed E-state index contributed by atoms with van der Waals surface area (Å²) in [4.78, 5) is 21.1. The first-order valence-corrected chi connectivity index (χ1v) is 13.7. The first-order chi connectivity index (χ1) is 17.1. The van der Waals surface area contributed by atoms with E-state index in [1.54, 1.807) is 27.7 Å². The van der Waals surface area contributed by atoms with E-state index in [-0.39, 0.29) is 11.2 Å². The van der Waals surface area contributed by atoms with Gasteiger partial charge < -0.3 is 4.74 Å². The van der Waals surface area contributed by atoms with Gasteiger partial charge in [-0.3, -0.25) is 9.36 Å². The van der Waals surface area contributed by atoms with Crippen LogP contribution in [0.15, 0.2) is 82.7 Å². The summed E-state index contributed by atoms with van der Waals surface area (Å²) in [5.74, 6) is 0.730. The monoisotopic (exact) mass is 498 g/mol. The minimum absolute atomic E-state index is 0.0134. The molecule has 176 valence electrons. The highest BCUT2D eigenvalue weighted by molar-refractivity contribution is 7.98. The summed E-state index contributed by atoms with van der Waals surface area (Å²) in [5, 5.41) is 3.94. The molecule has 2 aromatic heterocycles. The standard InChI is InChI=1S/C29H26N2O2S2/c1-3-29(2)16-23-24(17-33-29)35-26-25(23)27(32)31(21-13-5-4-6-14-21)28(30-26)34-18-20-12-9-11-19-10-7-8-15-22(19)20/h4-15H,3,16-18H2,1-2H3/t29-/m0/s1. The molecule has 6 rings (SSSR count). The Kier molecular flexibility index (Phi) is 5.75. The number of hydrogen-bond acceptors (Lipinski definition) is 5. The van der Waals surface area contributed by atoms with Crippen molar-refractivity contribution in [1.82, 2.24) is 9.55 Å². The zero-order chi connectivity index (χ0) is 24.0. The zero-order valence-electron chi connectivity index (χ0n) is 19.8. The molecule has 35 heavy (non-hydrogen) atoms. The van der Waals surface area contributed by atoms with Crippen LogP contribution in [0.1, 0.15) is 36.3 Å². The molecule has 0 spiro atoms. The average Bonchev–Trinajstić information content (AvgIpc) is 3.25. The van der Waals surface area contributed by atoms with Gasteiger partial charge in [0.25, 0.3) is 5.56 Å². The van der Waals surface area contributed by atoms with Crippen molar-refractivity contribution in [1.29, 1.82) is 0 Å². The number of hydrogen-bond donors (Lipinski definition) is 0. The van der Waals surface area contributed by atoms with E-state index < -0.39 is 0 Å². The molecule has 0 unspecified atom stereocenters.